The van der Waals surface area contributed by atoms with Crippen molar-refractivity contribution in [3.05, 3.63) is 49.1 Å². The molecule has 1 aliphatic rings. The average molecular weight is 455 g/mol. The molecule has 0 spiro atoms. The van der Waals surface area contributed by atoms with Crippen LogP contribution >= 0.6 is 0 Å². The van der Waals surface area contributed by atoms with Crippen molar-refractivity contribution in [1.29, 1.82) is 0 Å². The number of methoxy groups -OCH3 is 1. The molecule has 3 aromatic rings. The number of benzene rings is 1. The number of fused-ring (bicyclic) bond motifs is 1. The number of halogens is 2. The lowest BCUT2D eigenvalue weighted by Gasteiger charge is -2.48. The first-order valence-electron chi connectivity index (χ1n) is 11.0. The van der Waals surface area contributed by atoms with Crippen molar-refractivity contribution in [3.8, 4) is 17.1 Å². The Morgan fingerprint density at radius 3 is 2.70 bits per heavy atom. The van der Waals surface area contributed by atoms with Gasteiger partial charge in [0.15, 0.2) is 5.82 Å². The van der Waals surface area contributed by atoms with Crippen molar-refractivity contribution in [1.82, 2.24) is 20.2 Å². The van der Waals surface area contributed by atoms with Crippen LogP contribution in [0.15, 0.2) is 43.4 Å². The number of hydrogen-bond donors (Lipinski definition) is 1. The maximum atomic E-state index is 14.7. The van der Waals surface area contributed by atoms with Crippen LogP contribution in [0, 0.1) is 11.3 Å². The summed E-state index contributed by atoms with van der Waals surface area (Å²) in [6.45, 7) is 7.94. The predicted molar refractivity (Wildman–Crippen MR) is 123 cm³/mol. The Morgan fingerprint density at radius 2 is 2.03 bits per heavy atom. The minimum absolute atomic E-state index is 0.00517. The van der Waals surface area contributed by atoms with Crippen LogP contribution in [0.5, 0.6) is 5.75 Å². The Bertz CT molecular complexity index is 1170. The topological polar surface area (TPSA) is 81.0 Å². The highest BCUT2D eigenvalue weighted by atomic mass is 19.3. The number of aromatic nitrogens is 4. The molecule has 0 amide bonds. The van der Waals surface area contributed by atoms with Crippen LogP contribution in [-0.4, -0.2) is 44.4 Å². The fraction of sp³-hybridized carbons (Fsp3) is 0.440. The van der Waals surface area contributed by atoms with E-state index >= 15 is 0 Å². The highest BCUT2D eigenvalue weighted by Crippen LogP contribution is 2.53. The van der Waals surface area contributed by atoms with Gasteiger partial charge in [-0.05, 0) is 35.6 Å². The lowest BCUT2D eigenvalue weighted by atomic mass is 9.63. The van der Waals surface area contributed by atoms with Gasteiger partial charge >= 0.3 is 0 Å². The van der Waals surface area contributed by atoms with Crippen molar-refractivity contribution in [2.24, 2.45) is 11.3 Å². The molecule has 2 aromatic heterocycles. The Balaban J connectivity index is 1.65. The summed E-state index contributed by atoms with van der Waals surface area (Å²) in [7, 11) is 1.56. The van der Waals surface area contributed by atoms with Crippen molar-refractivity contribution in [2.45, 2.75) is 51.6 Å². The third-order valence-corrected chi connectivity index (χ3v) is 6.64. The summed E-state index contributed by atoms with van der Waals surface area (Å²) in [6, 6.07) is 5.18. The van der Waals surface area contributed by atoms with Gasteiger partial charge < -0.3 is 9.84 Å². The van der Waals surface area contributed by atoms with Gasteiger partial charge in [-0.15, -0.1) is 10.2 Å². The Labute approximate surface area is 191 Å². The van der Waals surface area contributed by atoms with E-state index in [9.17, 15) is 13.9 Å². The second-order valence-corrected chi connectivity index (χ2v) is 9.19. The SMILES string of the molecule is C=C(c1cnc(-c2cc3ccncc3cc2O)nn1)[C@H]1CC(F)(F)C[C@@](C)(CCC)[C@@H]1OC. The first-order valence-corrected chi connectivity index (χ1v) is 11.0. The van der Waals surface area contributed by atoms with Crippen LogP contribution in [0.2, 0.25) is 0 Å². The maximum Gasteiger partial charge on any atom is 0.249 e. The number of nitrogens with zero attached hydrogens (tertiary/aromatic N) is 4. The number of ether oxygens (including phenoxy) is 1. The van der Waals surface area contributed by atoms with Gasteiger partial charge in [-0.3, -0.25) is 4.98 Å². The van der Waals surface area contributed by atoms with E-state index < -0.39 is 23.4 Å². The van der Waals surface area contributed by atoms with Gasteiger partial charge in [-0.2, -0.15) is 0 Å². The van der Waals surface area contributed by atoms with Crippen molar-refractivity contribution in [2.75, 3.05) is 7.11 Å². The van der Waals surface area contributed by atoms with Crippen LogP contribution in [0.25, 0.3) is 27.7 Å². The number of alkyl halides is 2. The van der Waals surface area contributed by atoms with Gasteiger partial charge in [0.1, 0.15) is 11.4 Å². The maximum absolute atomic E-state index is 14.7. The van der Waals surface area contributed by atoms with E-state index in [0.717, 1.165) is 17.2 Å². The molecule has 174 valence electrons. The van der Waals surface area contributed by atoms with Gasteiger partial charge in [-0.1, -0.05) is 26.8 Å². The molecule has 0 radical (unpaired) electrons. The molecule has 1 aromatic carbocycles. The summed E-state index contributed by atoms with van der Waals surface area (Å²) < 4.78 is 35.2. The molecule has 4 rings (SSSR count). The summed E-state index contributed by atoms with van der Waals surface area (Å²) in [5.74, 6) is -3.20. The molecule has 0 aliphatic heterocycles. The standard InChI is InChI=1S/C25H28F2N4O2/c1-5-7-24(3)14-25(26,27)11-19(22(24)33-4)15(2)20-13-29-23(31-30-20)18-9-16-6-8-28-12-17(16)10-21(18)32/h6,8-10,12-13,19,22,32H,2,5,7,11,14H2,1,3-4H3/t19-,22-,24-/m1/s1. The molecule has 0 bridgehead atoms. The Morgan fingerprint density at radius 1 is 1.24 bits per heavy atom. The summed E-state index contributed by atoms with van der Waals surface area (Å²) in [5.41, 5.74) is 0.523. The quantitative estimate of drug-likeness (QED) is 0.517. The predicted octanol–water partition coefficient (Wildman–Crippen LogP) is 5.67. The summed E-state index contributed by atoms with van der Waals surface area (Å²) >= 11 is 0. The molecule has 2 heterocycles. The van der Waals surface area contributed by atoms with E-state index in [1.165, 1.54) is 6.20 Å². The molecule has 1 saturated carbocycles. The van der Waals surface area contributed by atoms with Gasteiger partial charge in [0, 0.05) is 49.1 Å². The largest absolute Gasteiger partial charge is 0.507 e. The van der Waals surface area contributed by atoms with Crippen LogP contribution in [0.3, 0.4) is 0 Å². The third kappa shape index (κ3) is 4.44. The van der Waals surface area contributed by atoms with E-state index in [1.807, 2.05) is 19.9 Å². The minimum atomic E-state index is -2.82. The van der Waals surface area contributed by atoms with E-state index in [-0.39, 0.29) is 24.4 Å². The normalized spacial score (nSPS) is 24.6. The van der Waals surface area contributed by atoms with E-state index in [4.69, 9.17) is 4.74 Å². The first kappa shape index (κ1) is 23.2. The molecule has 1 aliphatic carbocycles. The zero-order chi connectivity index (χ0) is 23.8. The number of rotatable bonds is 6. The summed E-state index contributed by atoms with van der Waals surface area (Å²) in [4.78, 5) is 8.40. The minimum Gasteiger partial charge on any atom is -0.507 e. The smallest absolute Gasteiger partial charge is 0.249 e. The van der Waals surface area contributed by atoms with Crippen molar-refractivity contribution >= 4 is 16.3 Å². The second-order valence-electron chi connectivity index (χ2n) is 9.19. The molecular weight excluding hydrogens is 426 g/mol. The number of hydrogen-bond acceptors (Lipinski definition) is 6. The number of phenolic OH excluding ortho intramolecular Hbond substituents is 1. The Hall–Kier alpha value is -3.00. The number of pyridine rings is 1. The molecule has 1 N–H and O–H groups in total. The molecule has 6 nitrogen and oxygen atoms in total. The molecular formula is C25H28F2N4O2. The van der Waals surface area contributed by atoms with E-state index in [2.05, 4.69) is 26.7 Å². The lowest BCUT2D eigenvalue weighted by Crippen LogP contribution is -2.50. The van der Waals surface area contributed by atoms with Gasteiger partial charge in [-0.25, -0.2) is 13.8 Å². The second kappa shape index (κ2) is 8.74. The van der Waals surface area contributed by atoms with Crippen molar-refractivity contribution < 1.29 is 18.6 Å². The monoisotopic (exact) mass is 454 g/mol. The Kier molecular flexibility index (Phi) is 6.14. The van der Waals surface area contributed by atoms with Gasteiger partial charge in [0.25, 0.3) is 0 Å². The average Bonchev–Trinajstić information content (AvgIpc) is 2.77. The summed E-state index contributed by atoms with van der Waals surface area (Å²) in [5, 5.41) is 20.5. The molecule has 0 unspecified atom stereocenters. The molecule has 3 atom stereocenters. The van der Waals surface area contributed by atoms with E-state index in [1.54, 1.807) is 31.6 Å². The van der Waals surface area contributed by atoms with Crippen molar-refractivity contribution in [3.63, 3.8) is 0 Å². The van der Waals surface area contributed by atoms with Gasteiger partial charge in [0.2, 0.25) is 5.92 Å². The zero-order valence-corrected chi connectivity index (χ0v) is 19.1. The van der Waals surface area contributed by atoms with Gasteiger partial charge in [0.05, 0.1) is 17.9 Å². The molecule has 8 heteroatoms. The highest BCUT2D eigenvalue weighted by Gasteiger charge is 2.54. The fourth-order valence-electron chi connectivity index (χ4n) is 5.27. The van der Waals surface area contributed by atoms with Crippen LogP contribution in [0.1, 0.15) is 45.2 Å². The van der Waals surface area contributed by atoms with Crippen LogP contribution in [0.4, 0.5) is 8.78 Å². The third-order valence-electron chi connectivity index (χ3n) is 6.64. The molecule has 1 fully saturated rings. The van der Waals surface area contributed by atoms with Crippen LogP contribution < -0.4 is 0 Å². The van der Waals surface area contributed by atoms with E-state index in [0.29, 0.717) is 23.3 Å². The number of phenols is 1. The number of aromatic hydroxyl groups is 1. The highest BCUT2D eigenvalue weighted by molar-refractivity contribution is 5.88. The molecule has 33 heavy (non-hydrogen) atoms. The summed E-state index contributed by atoms with van der Waals surface area (Å²) in [6.07, 6.45) is 5.22. The fourth-order valence-corrected chi connectivity index (χ4v) is 5.27. The van der Waals surface area contributed by atoms with Crippen LogP contribution in [-0.2, 0) is 4.74 Å². The zero-order valence-electron chi connectivity index (χ0n) is 19.1. The molecule has 0 saturated heterocycles. The lowest BCUT2D eigenvalue weighted by molar-refractivity contribution is -0.157. The first-order chi connectivity index (χ1) is 15.7.